The molecule has 0 aliphatic carbocycles. The van der Waals surface area contributed by atoms with Gasteiger partial charge in [0.05, 0.1) is 5.69 Å². The fourth-order valence-electron chi connectivity index (χ4n) is 1.02. The molecule has 1 aromatic heterocycles. The number of carbonyl (C=O) groups is 2. The van der Waals surface area contributed by atoms with Crippen molar-refractivity contribution in [3.63, 3.8) is 0 Å². The van der Waals surface area contributed by atoms with E-state index in [1.54, 1.807) is 0 Å². The third-order valence-corrected chi connectivity index (χ3v) is 2.15. The van der Waals surface area contributed by atoms with Crippen LogP contribution in [0, 0.1) is 0 Å². The van der Waals surface area contributed by atoms with Gasteiger partial charge in [0.25, 0.3) is 0 Å². The summed E-state index contributed by atoms with van der Waals surface area (Å²) in [7, 11) is 0. The highest BCUT2D eigenvalue weighted by atomic mass is 16.4. The predicted molar refractivity (Wildman–Crippen MR) is 53.4 cm³/mol. The summed E-state index contributed by atoms with van der Waals surface area (Å²) in [5.41, 5.74) is 4.68. The van der Waals surface area contributed by atoms with Crippen LogP contribution in [0.3, 0.4) is 0 Å². The van der Waals surface area contributed by atoms with Crippen LogP contribution >= 0.6 is 0 Å². The Bertz CT molecular complexity index is 396. The molecule has 1 atom stereocenters. The molecule has 1 aromatic rings. The van der Waals surface area contributed by atoms with Crippen molar-refractivity contribution in [2.24, 2.45) is 5.73 Å². The van der Waals surface area contributed by atoms with E-state index in [4.69, 9.17) is 10.8 Å². The Labute approximate surface area is 86.9 Å². The molecule has 1 rings (SSSR count). The fourth-order valence-corrected chi connectivity index (χ4v) is 1.02. The lowest BCUT2D eigenvalue weighted by Crippen LogP contribution is -2.42. The van der Waals surface area contributed by atoms with Crippen molar-refractivity contribution in [3.8, 4) is 0 Å². The number of Topliss-reactive ketones (excluding diaryl/α,β-unsaturated/α-hetero) is 1. The molecule has 0 aliphatic heterocycles. The Hall–Kier alpha value is -1.75. The molecule has 5 heteroatoms. The van der Waals surface area contributed by atoms with Crippen molar-refractivity contribution < 1.29 is 14.7 Å². The van der Waals surface area contributed by atoms with Gasteiger partial charge >= 0.3 is 5.97 Å². The second kappa shape index (κ2) is 3.78. The average molecular weight is 208 g/mol. The first-order chi connectivity index (χ1) is 6.85. The maximum Gasteiger partial charge on any atom is 0.329 e. The zero-order valence-corrected chi connectivity index (χ0v) is 8.52. The highest BCUT2D eigenvalue weighted by molar-refractivity contribution is 5.93. The summed E-state index contributed by atoms with van der Waals surface area (Å²) in [5, 5.41) is 8.84. The van der Waals surface area contributed by atoms with Gasteiger partial charge < -0.3 is 10.8 Å². The van der Waals surface area contributed by atoms with E-state index in [9.17, 15) is 9.59 Å². The number of nitrogens with two attached hydrogens (primary N) is 1. The van der Waals surface area contributed by atoms with E-state index in [-0.39, 0.29) is 11.5 Å². The van der Waals surface area contributed by atoms with Crippen LogP contribution in [0.15, 0.2) is 18.3 Å². The van der Waals surface area contributed by atoms with Gasteiger partial charge in [0.15, 0.2) is 11.3 Å². The Morgan fingerprint density at radius 3 is 2.40 bits per heavy atom. The van der Waals surface area contributed by atoms with Crippen LogP contribution in [0.25, 0.3) is 0 Å². The minimum Gasteiger partial charge on any atom is -0.480 e. The van der Waals surface area contributed by atoms with Gasteiger partial charge in [-0.2, -0.15) is 0 Å². The Balaban J connectivity index is 3.09. The van der Waals surface area contributed by atoms with E-state index in [0.29, 0.717) is 5.56 Å². The first kappa shape index (κ1) is 11.3. The monoisotopic (exact) mass is 208 g/mol. The zero-order chi connectivity index (χ0) is 11.6. The largest absolute Gasteiger partial charge is 0.480 e. The van der Waals surface area contributed by atoms with Crippen molar-refractivity contribution in [1.29, 1.82) is 0 Å². The summed E-state index contributed by atoms with van der Waals surface area (Å²) in [6, 6.07) is 2.96. The fraction of sp³-hybridized carbons (Fsp3) is 0.300. The third-order valence-electron chi connectivity index (χ3n) is 2.15. The number of rotatable bonds is 3. The molecule has 0 saturated carbocycles. The predicted octanol–water partition coefficient (Wildman–Crippen LogP) is 0.543. The SMILES string of the molecule is CC(=O)c1ccc([C@](C)(N)C(=O)O)nc1. The molecule has 0 unspecified atom stereocenters. The van der Waals surface area contributed by atoms with Gasteiger partial charge in [0, 0.05) is 11.8 Å². The molecule has 3 N–H and O–H groups in total. The van der Waals surface area contributed by atoms with Crippen LogP contribution in [0.2, 0.25) is 0 Å². The number of nitrogens with zero attached hydrogens (tertiary/aromatic N) is 1. The van der Waals surface area contributed by atoms with E-state index >= 15 is 0 Å². The highest BCUT2D eigenvalue weighted by Gasteiger charge is 2.31. The molecule has 5 nitrogen and oxygen atoms in total. The summed E-state index contributed by atoms with van der Waals surface area (Å²) in [6.07, 6.45) is 1.33. The summed E-state index contributed by atoms with van der Waals surface area (Å²) < 4.78 is 0. The maximum atomic E-state index is 11.0. The smallest absolute Gasteiger partial charge is 0.329 e. The lowest BCUT2D eigenvalue weighted by Gasteiger charge is -2.18. The maximum absolute atomic E-state index is 11.0. The lowest BCUT2D eigenvalue weighted by molar-refractivity contribution is -0.143. The standard InChI is InChI=1S/C10H12N2O3/c1-6(13)7-3-4-8(12-5-7)10(2,11)9(14)15/h3-5H,11H2,1-2H3,(H,14,15)/t10-/m0/s1. The molecule has 1 heterocycles. The molecule has 0 fully saturated rings. The number of carboxylic acids is 1. The lowest BCUT2D eigenvalue weighted by atomic mass is 9.98. The molecule has 15 heavy (non-hydrogen) atoms. The summed E-state index contributed by atoms with van der Waals surface area (Å²) in [4.78, 5) is 25.6. The van der Waals surface area contributed by atoms with Gasteiger partial charge in [-0.15, -0.1) is 0 Å². The third kappa shape index (κ3) is 2.19. The minimum atomic E-state index is -1.53. The molecule has 0 bridgehead atoms. The first-order valence-corrected chi connectivity index (χ1v) is 4.35. The van der Waals surface area contributed by atoms with Crippen LogP contribution < -0.4 is 5.73 Å². The van der Waals surface area contributed by atoms with Crippen molar-refractivity contribution in [1.82, 2.24) is 4.98 Å². The Morgan fingerprint density at radius 2 is 2.07 bits per heavy atom. The van der Waals surface area contributed by atoms with E-state index in [1.807, 2.05) is 0 Å². The van der Waals surface area contributed by atoms with Crippen LogP contribution in [0.5, 0.6) is 0 Å². The van der Waals surface area contributed by atoms with Crippen LogP contribution in [0.4, 0.5) is 0 Å². The number of aromatic nitrogens is 1. The number of hydrogen-bond donors (Lipinski definition) is 2. The van der Waals surface area contributed by atoms with Gasteiger partial charge in [-0.05, 0) is 26.0 Å². The van der Waals surface area contributed by atoms with Gasteiger partial charge in [-0.3, -0.25) is 9.78 Å². The van der Waals surface area contributed by atoms with E-state index < -0.39 is 11.5 Å². The molecule has 0 saturated heterocycles. The molecular weight excluding hydrogens is 196 g/mol. The minimum absolute atomic E-state index is 0.122. The van der Waals surface area contributed by atoms with Crippen LogP contribution in [-0.2, 0) is 10.3 Å². The van der Waals surface area contributed by atoms with Crippen molar-refractivity contribution in [3.05, 3.63) is 29.6 Å². The molecule has 0 amide bonds. The Morgan fingerprint density at radius 1 is 1.47 bits per heavy atom. The molecular formula is C10H12N2O3. The molecule has 0 radical (unpaired) electrons. The van der Waals surface area contributed by atoms with Gasteiger partial charge in [-0.25, -0.2) is 4.79 Å². The number of ketones is 1. The first-order valence-electron chi connectivity index (χ1n) is 4.35. The molecule has 80 valence electrons. The number of carbonyl (C=O) groups excluding carboxylic acids is 1. The number of hydrogen-bond acceptors (Lipinski definition) is 4. The van der Waals surface area contributed by atoms with Crippen LogP contribution in [-0.4, -0.2) is 21.8 Å². The summed E-state index contributed by atoms with van der Waals surface area (Å²) >= 11 is 0. The second-order valence-corrected chi connectivity index (χ2v) is 3.50. The van der Waals surface area contributed by atoms with Crippen molar-refractivity contribution >= 4 is 11.8 Å². The van der Waals surface area contributed by atoms with Gasteiger partial charge in [0.2, 0.25) is 0 Å². The zero-order valence-electron chi connectivity index (χ0n) is 8.52. The van der Waals surface area contributed by atoms with E-state index in [0.717, 1.165) is 0 Å². The Kier molecular flexibility index (Phi) is 2.85. The van der Waals surface area contributed by atoms with E-state index in [2.05, 4.69) is 4.98 Å². The van der Waals surface area contributed by atoms with Gasteiger partial charge in [0.1, 0.15) is 0 Å². The molecule has 0 aromatic carbocycles. The van der Waals surface area contributed by atoms with Crippen molar-refractivity contribution in [2.45, 2.75) is 19.4 Å². The number of pyridine rings is 1. The van der Waals surface area contributed by atoms with Gasteiger partial charge in [-0.1, -0.05) is 0 Å². The summed E-state index contributed by atoms with van der Waals surface area (Å²) in [5.74, 6) is -1.28. The summed E-state index contributed by atoms with van der Waals surface area (Å²) in [6.45, 7) is 2.76. The van der Waals surface area contributed by atoms with Crippen LogP contribution in [0.1, 0.15) is 29.9 Å². The van der Waals surface area contributed by atoms with E-state index in [1.165, 1.54) is 32.2 Å². The number of carboxylic acid groups (broad SMARTS) is 1. The quantitative estimate of drug-likeness (QED) is 0.707. The van der Waals surface area contributed by atoms with Crippen molar-refractivity contribution in [2.75, 3.05) is 0 Å². The normalized spacial score (nSPS) is 14.3. The topological polar surface area (TPSA) is 93.3 Å². The second-order valence-electron chi connectivity index (χ2n) is 3.50. The average Bonchev–Trinajstić information content (AvgIpc) is 2.17. The highest BCUT2D eigenvalue weighted by Crippen LogP contribution is 2.15. The molecule has 0 aliphatic rings. The molecule has 0 spiro atoms. The number of aliphatic carboxylic acids is 1.